The van der Waals surface area contributed by atoms with Gasteiger partial charge in [0.2, 0.25) is 0 Å². The number of amides is 1. The van der Waals surface area contributed by atoms with Crippen LogP contribution >= 0.6 is 0 Å². The van der Waals surface area contributed by atoms with Crippen molar-refractivity contribution in [2.45, 2.75) is 20.4 Å². The molecule has 1 aromatic carbocycles. The molecule has 0 N–H and O–H groups in total. The van der Waals surface area contributed by atoms with Crippen molar-refractivity contribution < 1.29 is 4.79 Å². The SMILES string of the molecule is CCN(CC)c1ccc(C(=O)N2CCN(Cc3cccc4cccnc34)CC2)cn1. The Morgan fingerprint density at radius 2 is 1.73 bits per heavy atom. The summed E-state index contributed by atoms with van der Waals surface area (Å²) in [6, 6.07) is 14.3. The van der Waals surface area contributed by atoms with Crippen LogP contribution in [-0.4, -0.2) is 64.9 Å². The molecule has 3 heterocycles. The van der Waals surface area contributed by atoms with Gasteiger partial charge in [-0.15, -0.1) is 0 Å². The zero-order chi connectivity index (χ0) is 20.9. The predicted octanol–water partition coefficient (Wildman–Crippen LogP) is 3.43. The van der Waals surface area contributed by atoms with Crippen LogP contribution in [0.15, 0.2) is 54.9 Å². The van der Waals surface area contributed by atoms with Crippen LogP contribution in [0.5, 0.6) is 0 Å². The molecule has 156 valence electrons. The van der Waals surface area contributed by atoms with Gasteiger partial charge in [-0.3, -0.25) is 14.7 Å². The standard InChI is InChI=1S/C24H29N5O/c1-3-28(4-2)22-11-10-20(17-26-22)24(30)29-15-13-27(14-16-29)18-21-8-5-7-19-9-6-12-25-23(19)21/h5-12,17H,3-4,13-16,18H2,1-2H3. The van der Waals surface area contributed by atoms with Gasteiger partial charge in [-0.05, 0) is 37.6 Å². The number of hydrogen-bond acceptors (Lipinski definition) is 5. The average molecular weight is 404 g/mol. The lowest BCUT2D eigenvalue weighted by atomic mass is 10.1. The first-order valence-corrected chi connectivity index (χ1v) is 10.7. The summed E-state index contributed by atoms with van der Waals surface area (Å²) in [5, 5.41) is 1.17. The highest BCUT2D eigenvalue weighted by atomic mass is 16.2. The summed E-state index contributed by atoms with van der Waals surface area (Å²) in [5.41, 5.74) is 2.97. The minimum absolute atomic E-state index is 0.0695. The van der Waals surface area contributed by atoms with E-state index in [1.54, 1.807) is 6.20 Å². The topological polar surface area (TPSA) is 52.6 Å². The van der Waals surface area contributed by atoms with Crippen molar-refractivity contribution in [2.75, 3.05) is 44.2 Å². The van der Waals surface area contributed by atoms with E-state index in [1.165, 1.54) is 10.9 Å². The summed E-state index contributed by atoms with van der Waals surface area (Å²) in [7, 11) is 0. The fraction of sp³-hybridized carbons (Fsp3) is 0.375. The third-order valence-electron chi connectivity index (χ3n) is 5.85. The van der Waals surface area contributed by atoms with Crippen LogP contribution in [0, 0.1) is 0 Å². The number of anilines is 1. The minimum Gasteiger partial charge on any atom is -0.357 e. The lowest BCUT2D eigenvalue weighted by molar-refractivity contribution is 0.0628. The van der Waals surface area contributed by atoms with Crippen molar-refractivity contribution in [3.63, 3.8) is 0 Å². The van der Waals surface area contributed by atoms with Crippen LogP contribution in [0.3, 0.4) is 0 Å². The quantitative estimate of drug-likeness (QED) is 0.631. The normalized spacial score (nSPS) is 14.8. The van der Waals surface area contributed by atoms with Gasteiger partial charge in [-0.2, -0.15) is 0 Å². The van der Waals surface area contributed by atoms with Crippen molar-refractivity contribution >= 4 is 22.6 Å². The summed E-state index contributed by atoms with van der Waals surface area (Å²) in [5.74, 6) is 0.991. The first kappa shape index (κ1) is 20.3. The Morgan fingerprint density at radius 1 is 0.967 bits per heavy atom. The average Bonchev–Trinajstić information content (AvgIpc) is 2.81. The lowest BCUT2D eigenvalue weighted by Crippen LogP contribution is -2.48. The largest absolute Gasteiger partial charge is 0.357 e. The second-order valence-electron chi connectivity index (χ2n) is 7.64. The molecule has 3 aromatic rings. The van der Waals surface area contributed by atoms with Gasteiger partial charge < -0.3 is 9.80 Å². The fourth-order valence-electron chi connectivity index (χ4n) is 4.07. The number of rotatable bonds is 6. The van der Waals surface area contributed by atoms with E-state index in [-0.39, 0.29) is 5.91 Å². The molecule has 1 aliphatic rings. The smallest absolute Gasteiger partial charge is 0.255 e. The Balaban J connectivity index is 1.36. The summed E-state index contributed by atoms with van der Waals surface area (Å²) in [6.07, 6.45) is 3.56. The molecule has 1 aliphatic heterocycles. The first-order valence-electron chi connectivity index (χ1n) is 10.7. The molecule has 0 spiro atoms. The van der Waals surface area contributed by atoms with E-state index in [0.717, 1.165) is 57.1 Å². The number of carbonyl (C=O) groups is 1. The van der Waals surface area contributed by atoms with Crippen LogP contribution in [0.4, 0.5) is 5.82 Å². The van der Waals surface area contributed by atoms with Crippen molar-refractivity contribution in [1.29, 1.82) is 0 Å². The van der Waals surface area contributed by atoms with E-state index in [0.29, 0.717) is 5.56 Å². The summed E-state index contributed by atoms with van der Waals surface area (Å²) < 4.78 is 0. The van der Waals surface area contributed by atoms with Crippen LogP contribution in [0.2, 0.25) is 0 Å². The van der Waals surface area contributed by atoms with E-state index >= 15 is 0 Å². The van der Waals surface area contributed by atoms with Gasteiger partial charge in [0.15, 0.2) is 0 Å². The van der Waals surface area contributed by atoms with Crippen LogP contribution in [0.25, 0.3) is 10.9 Å². The molecule has 6 heteroatoms. The highest BCUT2D eigenvalue weighted by Gasteiger charge is 2.23. The van der Waals surface area contributed by atoms with Gasteiger partial charge in [-0.25, -0.2) is 4.98 Å². The number of carbonyl (C=O) groups excluding carboxylic acids is 1. The predicted molar refractivity (Wildman–Crippen MR) is 121 cm³/mol. The van der Waals surface area contributed by atoms with Gasteiger partial charge in [-0.1, -0.05) is 24.3 Å². The molecule has 0 bridgehead atoms. The van der Waals surface area contributed by atoms with Gasteiger partial charge in [0.25, 0.3) is 5.91 Å². The second kappa shape index (κ2) is 9.22. The molecule has 0 unspecified atom stereocenters. The summed E-state index contributed by atoms with van der Waals surface area (Å²) >= 11 is 0. The number of piperazine rings is 1. The molecular formula is C24H29N5O. The number of benzene rings is 1. The van der Waals surface area contributed by atoms with Gasteiger partial charge >= 0.3 is 0 Å². The third kappa shape index (κ3) is 4.28. The van der Waals surface area contributed by atoms with Crippen LogP contribution in [0.1, 0.15) is 29.8 Å². The van der Waals surface area contributed by atoms with E-state index in [9.17, 15) is 4.79 Å². The van der Waals surface area contributed by atoms with Crippen molar-refractivity contribution in [2.24, 2.45) is 0 Å². The Bertz CT molecular complexity index is 987. The molecule has 0 atom stereocenters. The number of aromatic nitrogens is 2. The van der Waals surface area contributed by atoms with Gasteiger partial charge in [0.05, 0.1) is 11.1 Å². The lowest BCUT2D eigenvalue weighted by Gasteiger charge is -2.35. The van der Waals surface area contributed by atoms with Crippen molar-refractivity contribution in [3.8, 4) is 0 Å². The first-order chi connectivity index (χ1) is 14.7. The zero-order valence-electron chi connectivity index (χ0n) is 17.8. The summed E-state index contributed by atoms with van der Waals surface area (Å²) in [6.45, 7) is 10.1. The van der Waals surface area contributed by atoms with E-state index in [4.69, 9.17) is 0 Å². The third-order valence-corrected chi connectivity index (χ3v) is 5.85. The maximum absolute atomic E-state index is 12.9. The molecule has 6 nitrogen and oxygen atoms in total. The second-order valence-corrected chi connectivity index (χ2v) is 7.64. The van der Waals surface area contributed by atoms with Crippen LogP contribution in [-0.2, 0) is 6.54 Å². The monoisotopic (exact) mass is 403 g/mol. The van der Waals surface area contributed by atoms with Crippen molar-refractivity contribution in [3.05, 3.63) is 66.0 Å². The number of fused-ring (bicyclic) bond motifs is 1. The van der Waals surface area contributed by atoms with E-state index in [1.807, 2.05) is 29.3 Å². The number of nitrogens with zero attached hydrogens (tertiary/aromatic N) is 5. The maximum Gasteiger partial charge on any atom is 0.255 e. The molecule has 1 amide bonds. The van der Waals surface area contributed by atoms with Crippen molar-refractivity contribution in [1.82, 2.24) is 19.8 Å². The highest BCUT2D eigenvalue weighted by molar-refractivity contribution is 5.94. The molecule has 4 rings (SSSR count). The molecule has 1 fully saturated rings. The highest BCUT2D eigenvalue weighted by Crippen LogP contribution is 2.19. The molecule has 0 radical (unpaired) electrons. The Morgan fingerprint density at radius 3 is 2.43 bits per heavy atom. The molecule has 0 saturated carbocycles. The van der Waals surface area contributed by atoms with E-state index in [2.05, 4.69) is 57.9 Å². The maximum atomic E-state index is 12.9. The van der Waals surface area contributed by atoms with Gasteiger partial charge in [0.1, 0.15) is 5.82 Å². The molecule has 30 heavy (non-hydrogen) atoms. The number of pyridine rings is 2. The van der Waals surface area contributed by atoms with E-state index < -0.39 is 0 Å². The molecule has 0 aliphatic carbocycles. The summed E-state index contributed by atoms with van der Waals surface area (Å²) in [4.78, 5) is 28.5. The zero-order valence-corrected chi connectivity index (χ0v) is 17.8. The molecular weight excluding hydrogens is 374 g/mol. The number of hydrogen-bond donors (Lipinski definition) is 0. The van der Waals surface area contributed by atoms with Crippen LogP contribution < -0.4 is 4.90 Å². The number of para-hydroxylation sites is 1. The Hall–Kier alpha value is -2.99. The Kier molecular flexibility index (Phi) is 6.23. The fourth-order valence-corrected chi connectivity index (χ4v) is 4.07. The van der Waals surface area contributed by atoms with Gasteiger partial charge in [0, 0.05) is 63.6 Å². The minimum atomic E-state index is 0.0695. The molecule has 2 aromatic heterocycles. The molecule has 1 saturated heterocycles. The Labute approximate surface area is 178 Å².